The number of hydrogen-bond acceptors (Lipinski definition) is 4. The van der Waals surface area contributed by atoms with Crippen LogP contribution in [0, 0.1) is 10.1 Å². The van der Waals surface area contributed by atoms with Gasteiger partial charge >= 0.3 is 0 Å². The number of nitrogens with zero attached hydrogens (tertiary/aromatic N) is 2. The fourth-order valence-electron chi connectivity index (χ4n) is 1.70. The molecule has 0 aliphatic carbocycles. The monoisotopic (exact) mass is 236 g/mol. The Hall–Kier alpha value is -1.95. The van der Waals surface area contributed by atoms with E-state index < -0.39 is 4.92 Å². The number of nitro benzene ring substituents is 1. The average molecular weight is 236 g/mol. The maximum atomic E-state index is 11.4. The van der Waals surface area contributed by atoms with Crippen LogP contribution in [0.1, 0.15) is 24.5 Å². The summed E-state index contributed by atoms with van der Waals surface area (Å²) in [6.07, 6.45) is 0.377. The zero-order valence-electron chi connectivity index (χ0n) is 9.38. The van der Waals surface area contributed by atoms with Crippen molar-refractivity contribution in [2.45, 2.75) is 26.5 Å². The zero-order valence-corrected chi connectivity index (χ0v) is 9.38. The van der Waals surface area contributed by atoms with Gasteiger partial charge in [-0.25, -0.2) is 5.06 Å². The molecule has 0 fully saturated rings. The lowest BCUT2D eigenvalue weighted by Gasteiger charge is -2.27. The molecule has 2 rings (SSSR count). The Morgan fingerprint density at radius 1 is 1.53 bits per heavy atom. The summed E-state index contributed by atoms with van der Waals surface area (Å²) in [5.74, 6) is -0.0889. The van der Waals surface area contributed by atoms with Gasteiger partial charge in [-0.2, -0.15) is 0 Å². The number of amides is 1. The van der Waals surface area contributed by atoms with Gasteiger partial charge in [0.15, 0.2) is 0 Å². The third-order valence-electron chi connectivity index (χ3n) is 2.67. The molecule has 0 saturated heterocycles. The largest absolute Gasteiger partial charge is 0.273 e. The van der Waals surface area contributed by atoms with E-state index in [-0.39, 0.29) is 18.2 Å². The molecule has 6 nitrogen and oxygen atoms in total. The first-order valence-corrected chi connectivity index (χ1v) is 5.31. The molecule has 0 N–H and O–H groups in total. The lowest BCUT2D eigenvalue weighted by molar-refractivity contribution is -0.385. The minimum atomic E-state index is -0.441. The van der Waals surface area contributed by atoms with Crippen molar-refractivity contribution >= 4 is 11.6 Å². The molecule has 0 spiro atoms. The molecule has 1 aliphatic heterocycles. The van der Waals surface area contributed by atoms with Crippen molar-refractivity contribution in [2.24, 2.45) is 0 Å². The number of carbonyl (C=O) groups excluding carboxylic acids is 1. The van der Waals surface area contributed by atoms with Crippen LogP contribution in [0.5, 0.6) is 0 Å². The van der Waals surface area contributed by atoms with Gasteiger partial charge in [-0.1, -0.05) is 6.92 Å². The van der Waals surface area contributed by atoms with Gasteiger partial charge in [-0.15, -0.1) is 0 Å². The Bertz CT molecular complexity index is 473. The first-order valence-electron chi connectivity index (χ1n) is 5.31. The summed E-state index contributed by atoms with van der Waals surface area (Å²) in [5, 5.41) is 11.9. The molecule has 0 atom stereocenters. The Morgan fingerprint density at radius 2 is 2.29 bits per heavy atom. The second-order valence-corrected chi connectivity index (χ2v) is 3.77. The van der Waals surface area contributed by atoms with Gasteiger partial charge in [0.05, 0.1) is 11.5 Å². The molecule has 1 amide bonds. The van der Waals surface area contributed by atoms with Gasteiger partial charge in [0, 0.05) is 18.6 Å². The molecular weight excluding hydrogens is 224 g/mol. The molecule has 6 heteroatoms. The highest BCUT2D eigenvalue weighted by Gasteiger charge is 2.22. The molecule has 0 saturated carbocycles. The van der Waals surface area contributed by atoms with Crippen LogP contribution in [0.15, 0.2) is 18.2 Å². The van der Waals surface area contributed by atoms with Gasteiger partial charge in [0.2, 0.25) is 5.91 Å². The molecule has 17 heavy (non-hydrogen) atoms. The highest BCUT2D eigenvalue weighted by atomic mass is 16.7. The molecule has 1 aromatic carbocycles. The van der Waals surface area contributed by atoms with E-state index >= 15 is 0 Å². The summed E-state index contributed by atoms with van der Waals surface area (Å²) >= 11 is 0. The molecule has 90 valence electrons. The fourth-order valence-corrected chi connectivity index (χ4v) is 1.70. The maximum absolute atomic E-state index is 11.4. The molecule has 0 unspecified atom stereocenters. The number of fused-ring (bicyclic) bond motifs is 1. The predicted molar refractivity (Wildman–Crippen MR) is 58.7 cm³/mol. The highest BCUT2D eigenvalue weighted by Crippen LogP contribution is 2.24. The van der Waals surface area contributed by atoms with Crippen LogP contribution in [-0.4, -0.2) is 15.9 Å². The number of hydrogen-bond donors (Lipinski definition) is 0. The standard InChI is InChI=1S/C11H12N2O4/c1-2-11(14)12-6-8-3-4-10(13(15)16)5-9(8)7-17-12/h3-5H,2,6-7H2,1H3. The van der Waals surface area contributed by atoms with E-state index in [2.05, 4.69) is 0 Å². The lowest BCUT2D eigenvalue weighted by Crippen LogP contribution is -2.33. The Morgan fingerprint density at radius 3 is 2.94 bits per heavy atom. The van der Waals surface area contributed by atoms with Crippen molar-refractivity contribution in [3.05, 3.63) is 39.4 Å². The van der Waals surface area contributed by atoms with Crippen molar-refractivity contribution in [1.29, 1.82) is 0 Å². The molecule has 1 aromatic rings. The molecule has 1 aliphatic rings. The van der Waals surface area contributed by atoms with Crippen molar-refractivity contribution in [2.75, 3.05) is 0 Å². The van der Waals surface area contributed by atoms with E-state index in [0.717, 1.165) is 11.1 Å². The summed E-state index contributed by atoms with van der Waals surface area (Å²) in [6, 6.07) is 4.60. The van der Waals surface area contributed by atoms with Crippen LogP contribution < -0.4 is 0 Å². The minimum absolute atomic E-state index is 0.0441. The third-order valence-corrected chi connectivity index (χ3v) is 2.67. The topological polar surface area (TPSA) is 72.7 Å². The SMILES string of the molecule is CCC(=O)N1Cc2ccc([N+](=O)[O-])cc2CO1. The average Bonchev–Trinajstić information content (AvgIpc) is 2.36. The number of carbonyl (C=O) groups is 1. The second kappa shape index (κ2) is 4.50. The van der Waals surface area contributed by atoms with Gasteiger partial charge in [-0.3, -0.25) is 19.7 Å². The molecule has 0 bridgehead atoms. The van der Waals surface area contributed by atoms with Crippen LogP contribution in [-0.2, 0) is 22.8 Å². The van der Waals surface area contributed by atoms with Crippen LogP contribution in [0.2, 0.25) is 0 Å². The van der Waals surface area contributed by atoms with E-state index in [1.165, 1.54) is 17.2 Å². The van der Waals surface area contributed by atoms with E-state index in [4.69, 9.17) is 4.84 Å². The lowest BCUT2D eigenvalue weighted by atomic mass is 10.1. The van der Waals surface area contributed by atoms with E-state index in [1.54, 1.807) is 13.0 Å². The first kappa shape index (κ1) is 11.5. The molecule has 0 aromatic heterocycles. The van der Waals surface area contributed by atoms with Crippen LogP contribution >= 0.6 is 0 Å². The molecule has 1 heterocycles. The summed E-state index contributed by atoms with van der Waals surface area (Å²) < 4.78 is 0. The number of rotatable bonds is 2. The highest BCUT2D eigenvalue weighted by molar-refractivity contribution is 5.74. The number of non-ortho nitro benzene ring substituents is 1. The quantitative estimate of drug-likeness (QED) is 0.579. The second-order valence-electron chi connectivity index (χ2n) is 3.77. The van der Waals surface area contributed by atoms with Gasteiger partial charge in [-0.05, 0) is 17.2 Å². The van der Waals surface area contributed by atoms with Crippen molar-refractivity contribution in [3.63, 3.8) is 0 Å². The summed E-state index contributed by atoms with van der Waals surface area (Å²) in [4.78, 5) is 26.9. The van der Waals surface area contributed by atoms with Crippen molar-refractivity contribution < 1.29 is 14.6 Å². The van der Waals surface area contributed by atoms with E-state index in [9.17, 15) is 14.9 Å². The predicted octanol–water partition coefficient (Wildman–Crippen LogP) is 1.78. The summed E-state index contributed by atoms with van der Waals surface area (Å²) in [6.45, 7) is 2.31. The molecule has 0 radical (unpaired) electrons. The minimum Gasteiger partial charge on any atom is -0.273 e. The van der Waals surface area contributed by atoms with Gasteiger partial charge < -0.3 is 0 Å². The Kier molecular flexibility index (Phi) is 3.06. The van der Waals surface area contributed by atoms with Crippen LogP contribution in [0.4, 0.5) is 5.69 Å². The summed E-state index contributed by atoms with van der Waals surface area (Å²) in [7, 11) is 0. The molecular formula is C11H12N2O4. The fraction of sp³-hybridized carbons (Fsp3) is 0.364. The normalized spacial score (nSPS) is 14.3. The van der Waals surface area contributed by atoms with Gasteiger partial charge in [0.25, 0.3) is 5.69 Å². The van der Waals surface area contributed by atoms with Crippen LogP contribution in [0.3, 0.4) is 0 Å². The first-order chi connectivity index (χ1) is 8.11. The summed E-state index contributed by atoms with van der Waals surface area (Å²) in [5.41, 5.74) is 1.70. The van der Waals surface area contributed by atoms with E-state index in [1.807, 2.05) is 0 Å². The van der Waals surface area contributed by atoms with Crippen molar-refractivity contribution in [3.8, 4) is 0 Å². The maximum Gasteiger partial charge on any atom is 0.269 e. The van der Waals surface area contributed by atoms with Gasteiger partial charge in [0.1, 0.15) is 6.61 Å². The Balaban J connectivity index is 2.23. The van der Waals surface area contributed by atoms with Crippen molar-refractivity contribution in [1.82, 2.24) is 5.06 Å². The zero-order chi connectivity index (χ0) is 12.4. The third kappa shape index (κ3) is 2.26. The Labute approximate surface area is 97.9 Å². The van der Waals surface area contributed by atoms with E-state index in [0.29, 0.717) is 13.0 Å². The number of benzene rings is 1. The number of nitro groups is 1. The number of hydroxylamine groups is 2. The van der Waals surface area contributed by atoms with Crippen LogP contribution in [0.25, 0.3) is 0 Å². The smallest absolute Gasteiger partial charge is 0.269 e.